The maximum atomic E-state index is 13.6. The van der Waals surface area contributed by atoms with Crippen LogP contribution in [-0.2, 0) is 37.0 Å². The Morgan fingerprint density at radius 1 is 1.08 bits per heavy atom. The third kappa shape index (κ3) is 4.29. The lowest BCUT2D eigenvalue weighted by molar-refractivity contribution is 0.367. The lowest BCUT2D eigenvalue weighted by atomic mass is 10.2. The number of alkyl halides is 1. The molecule has 1 aromatic carbocycles. The number of aryl methyl sites for hydroxylation is 3. The van der Waals surface area contributed by atoms with E-state index in [1.165, 1.54) is 22.8 Å². The zero-order valence-corrected chi connectivity index (χ0v) is 21.1. The van der Waals surface area contributed by atoms with Crippen LogP contribution in [-0.4, -0.2) is 49.5 Å². The molecular weight excluding hydrogens is 487 g/mol. The molecule has 190 valence electrons. The Morgan fingerprint density at radius 2 is 1.83 bits per heavy atom. The van der Waals surface area contributed by atoms with Crippen LogP contribution in [0.3, 0.4) is 0 Å². The van der Waals surface area contributed by atoms with Gasteiger partial charge in [0.2, 0.25) is 0 Å². The second-order valence-corrected chi connectivity index (χ2v) is 11.7. The average Bonchev–Trinajstić information content (AvgIpc) is 3.35. The van der Waals surface area contributed by atoms with Gasteiger partial charge in [-0.25, -0.2) is 13.2 Å². The van der Waals surface area contributed by atoms with Gasteiger partial charge in [-0.05, 0) is 44.0 Å². The molecule has 0 saturated heterocycles. The first kappa shape index (κ1) is 24.2. The zero-order valence-electron chi connectivity index (χ0n) is 20.3. The lowest BCUT2D eigenvalue weighted by Gasteiger charge is -2.16. The third-order valence-electron chi connectivity index (χ3n) is 6.81. The van der Waals surface area contributed by atoms with Gasteiger partial charge in [-0.3, -0.25) is 27.7 Å². The van der Waals surface area contributed by atoms with Crippen LogP contribution in [0, 0.1) is 12.3 Å². The fourth-order valence-corrected chi connectivity index (χ4v) is 6.49. The summed E-state index contributed by atoms with van der Waals surface area (Å²) in [7, 11) is -0.331. The lowest BCUT2D eigenvalue weighted by Crippen LogP contribution is -2.40. The third-order valence-corrected chi connectivity index (χ3v) is 8.77. The highest BCUT2D eigenvalue weighted by Crippen LogP contribution is 2.47. The van der Waals surface area contributed by atoms with Crippen molar-refractivity contribution in [3.8, 4) is 0 Å². The Kier molecular flexibility index (Phi) is 5.73. The second kappa shape index (κ2) is 8.54. The topological polar surface area (TPSA) is 114 Å². The first-order chi connectivity index (χ1) is 17.0. The van der Waals surface area contributed by atoms with E-state index in [0.29, 0.717) is 23.9 Å². The molecule has 10 nitrogen and oxygen atoms in total. The molecule has 3 aromatic heterocycles. The number of nitrogens with zero attached hydrogens (tertiary/aromatic N) is 6. The number of fused-ring (bicyclic) bond motifs is 1. The fraction of sp³-hybridized carbons (Fsp3) is 0.417. The summed E-state index contributed by atoms with van der Waals surface area (Å²) in [5.74, 6) is -0.306. The number of hydrogen-bond donors (Lipinski definition) is 0. The van der Waals surface area contributed by atoms with Crippen molar-refractivity contribution >= 4 is 20.7 Å². The molecule has 0 radical (unpaired) electrons. The largest absolute Gasteiger partial charge is 0.332 e. The van der Waals surface area contributed by atoms with E-state index in [1.54, 1.807) is 35.9 Å². The van der Waals surface area contributed by atoms with E-state index in [4.69, 9.17) is 0 Å². The maximum Gasteiger partial charge on any atom is 0.332 e. The highest BCUT2D eigenvalue weighted by molar-refractivity contribution is 7.91. The van der Waals surface area contributed by atoms with Gasteiger partial charge < -0.3 is 0 Å². The Hall–Kier alpha value is -3.54. The number of hydrogen-bond acceptors (Lipinski definition) is 6. The second-order valence-electron chi connectivity index (χ2n) is 9.75. The maximum absolute atomic E-state index is 13.6. The van der Waals surface area contributed by atoms with E-state index in [-0.39, 0.29) is 29.1 Å². The summed E-state index contributed by atoms with van der Waals surface area (Å²) in [5.41, 5.74) is 0.546. The van der Waals surface area contributed by atoms with Crippen molar-refractivity contribution in [2.75, 3.05) is 12.4 Å². The van der Waals surface area contributed by atoms with Gasteiger partial charge in [-0.2, -0.15) is 10.2 Å². The first-order valence-corrected chi connectivity index (χ1v) is 13.2. The highest BCUT2D eigenvalue weighted by Gasteiger charge is 2.46. The van der Waals surface area contributed by atoms with Gasteiger partial charge in [0, 0.05) is 31.3 Å². The molecule has 0 N–H and O–H groups in total. The summed E-state index contributed by atoms with van der Waals surface area (Å²) >= 11 is 0. The molecule has 1 aliphatic carbocycles. The van der Waals surface area contributed by atoms with Crippen LogP contribution < -0.4 is 11.2 Å². The Labute approximate surface area is 206 Å². The zero-order chi connectivity index (χ0) is 25.8. The molecule has 0 bridgehead atoms. The summed E-state index contributed by atoms with van der Waals surface area (Å²) in [6.45, 7) is 1.27. The molecule has 12 heteroatoms. The monoisotopic (exact) mass is 514 g/mol. The number of halogens is 1. The summed E-state index contributed by atoms with van der Waals surface area (Å²) in [6, 6.07) is 6.03. The summed E-state index contributed by atoms with van der Waals surface area (Å²) in [6.07, 6.45) is 4.32. The van der Waals surface area contributed by atoms with E-state index >= 15 is 0 Å². The van der Waals surface area contributed by atoms with E-state index in [1.807, 2.05) is 13.0 Å². The Balaban J connectivity index is 1.69. The van der Waals surface area contributed by atoms with Crippen molar-refractivity contribution in [2.45, 2.75) is 37.8 Å². The molecule has 1 aliphatic rings. The van der Waals surface area contributed by atoms with Crippen molar-refractivity contribution < 1.29 is 12.8 Å². The number of aromatic nitrogens is 6. The summed E-state index contributed by atoms with van der Waals surface area (Å²) in [4.78, 5) is 27.0. The van der Waals surface area contributed by atoms with Crippen molar-refractivity contribution in [2.24, 2.45) is 19.5 Å². The molecular formula is C24H27FN6O4S. The van der Waals surface area contributed by atoms with Gasteiger partial charge in [-0.15, -0.1) is 0 Å². The van der Waals surface area contributed by atoms with Crippen LogP contribution in [0.4, 0.5) is 4.39 Å². The minimum absolute atomic E-state index is 0.0200. The first-order valence-electron chi connectivity index (χ1n) is 11.6. The Morgan fingerprint density at radius 3 is 2.42 bits per heavy atom. The van der Waals surface area contributed by atoms with E-state index in [2.05, 4.69) is 10.2 Å². The number of rotatable bonds is 8. The molecule has 36 heavy (non-hydrogen) atoms. The van der Waals surface area contributed by atoms with Crippen LogP contribution in [0.1, 0.15) is 29.8 Å². The van der Waals surface area contributed by atoms with Crippen LogP contribution >= 0.6 is 0 Å². The number of benzene rings is 1. The average molecular weight is 515 g/mol. The molecule has 0 unspecified atom stereocenters. The van der Waals surface area contributed by atoms with Crippen LogP contribution in [0.2, 0.25) is 0 Å². The molecule has 0 aliphatic heterocycles. The molecule has 0 amide bonds. The van der Waals surface area contributed by atoms with Gasteiger partial charge >= 0.3 is 5.69 Å². The molecule has 0 atom stereocenters. The molecule has 1 fully saturated rings. The fourth-order valence-electron chi connectivity index (χ4n) is 4.58. The van der Waals surface area contributed by atoms with Gasteiger partial charge in [0.1, 0.15) is 0 Å². The quantitative estimate of drug-likeness (QED) is 0.353. The van der Waals surface area contributed by atoms with Crippen molar-refractivity contribution in [1.82, 2.24) is 28.7 Å². The molecule has 0 spiro atoms. The smallest absolute Gasteiger partial charge is 0.287 e. The van der Waals surface area contributed by atoms with Gasteiger partial charge in [0.05, 0.1) is 58.9 Å². The van der Waals surface area contributed by atoms with Crippen molar-refractivity contribution in [1.29, 1.82) is 0 Å². The number of sulfone groups is 1. The van der Waals surface area contributed by atoms with E-state index in [9.17, 15) is 22.4 Å². The van der Waals surface area contributed by atoms with E-state index < -0.39 is 33.2 Å². The standard InChI is InChI=1S/C24H27FN6O4S/c1-16-8-18(29(3)27-16)13-30-21-5-4-19(36(34,35)15-24(14-25)6-7-24)9-20(21)22(32)31(23(30)33)12-17-10-26-28(2)11-17/h4-5,8-11H,6-7,12-15H2,1-3H3. The van der Waals surface area contributed by atoms with Gasteiger partial charge in [0.15, 0.2) is 9.84 Å². The van der Waals surface area contributed by atoms with Gasteiger partial charge in [-0.1, -0.05) is 0 Å². The Bertz CT molecular complexity index is 1710. The molecule has 5 rings (SSSR count). The normalized spacial score (nSPS) is 15.0. The van der Waals surface area contributed by atoms with Crippen molar-refractivity contribution in [3.05, 3.63) is 74.4 Å². The van der Waals surface area contributed by atoms with E-state index in [0.717, 1.165) is 16.0 Å². The van der Waals surface area contributed by atoms with Crippen molar-refractivity contribution in [3.63, 3.8) is 0 Å². The SMILES string of the molecule is Cc1cc(Cn2c(=O)n(Cc3cnn(C)c3)c(=O)c3cc(S(=O)(=O)CC4(CF)CC4)ccc32)n(C)n1. The summed E-state index contributed by atoms with van der Waals surface area (Å²) in [5, 5.41) is 8.54. The van der Waals surface area contributed by atoms with Crippen LogP contribution in [0.5, 0.6) is 0 Å². The molecule has 1 saturated carbocycles. The predicted octanol–water partition coefficient (Wildman–Crippen LogP) is 1.56. The molecule has 3 heterocycles. The van der Waals surface area contributed by atoms with Crippen LogP contribution in [0.25, 0.3) is 10.9 Å². The summed E-state index contributed by atoms with van der Waals surface area (Å²) < 4.78 is 45.4. The highest BCUT2D eigenvalue weighted by atomic mass is 32.2. The predicted molar refractivity (Wildman–Crippen MR) is 132 cm³/mol. The minimum Gasteiger partial charge on any atom is -0.287 e. The molecule has 4 aromatic rings. The van der Waals surface area contributed by atoms with Gasteiger partial charge in [0.25, 0.3) is 5.56 Å². The minimum atomic E-state index is -3.83. The van der Waals surface area contributed by atoms with Crippen LogP contribution in [0.15, 0.2) is 51.1 Å².